The number of aliphatic hydroxyl groups is 1. The third-order valence-corrected chi connectivity index (χ3v) is 5.20. The fourth-order valence-electron chi connectivity index (χ4n) is 4.01. The van der Waals surface area contributed by atoms with E-state index in [4.69, 9.17) is 9.47 Å². The molecular formula is C26H34N2O5. The molecule has 178 valence electrons. The van der Waals surface area contributed by atoms with Crippen LogP contribution in [0, 0.1) is 0 Å². The highest BCUT2D eigenvalue weighted by Gasteiger charge is 2.37. The summed E-state index contributed by atoms with van der Waals surface area (Å²) in [5, 5.41) is 11.8. The lowest BCUT2D eigenvalue weighted by Gasteiger charge is -2.29. The average Bonchev–Trinajstić information content (AvgIpc) is 3.08. The van der Waals surface area contributed by atoms with E-state index in [-0.39, 0.29) is 19.1 Å². The standard InChI is InChI=1S/C26H34N2O5/c1-8-13-27(23(30)32-25(2,3)4)20-14-21-22(19-12-10-9-11-18(19)20)17(16-29)15-28(21)24(31)33-26(5,6)7/h8-12,14,17,29H,1,13,15-16H2,2-7H3. The number of anilines is 2. The Labute approximate surface area is 195 Å². The molecule has 1 aliphatic rings. The zero-order valence-electron chi connectivity index (χ0n) is 20.3. The Morgan fingerprint density at radius 3 is 2.27 bits per heavy atom. The predicted octanol–water partition coefficient (Wildman–Crippen LogP) is 5.60. The van der Waals surface area contributed by atoms with Gasteiger partial charge in [0, 0.05) is 24.4 Å². The van der Waals surface area contributed by atoms with E-state index in [0.29, 0.717) is 17.9 Å². The number of hydrogen-bond acceptors (Lipinski definition) is 5. The summed E-state index contributed by atoms with van der Waals surface area (Å²) in [6, 6.07) is 9.48. The molecule has 0 aromatic heterocycles. The van der Waals surface area contributed by atoms with Crippen LogP contribution in [-0.4, -0.2) is 48.2 Å². The summed E-state index contributed by atoms with van der Waals surface area (Å²) in [4.78, 5) is 29.2. The van der Waals surface area contributed by atoms with Gasteiger partial charge in [0.25, 0.3) is 0 Å². The van der Waals surface area contributed by atoms with Crippen molar-refractivity contribution in [2.75, 3.05) is 29.5 Å². The molecule has 1 atom stereocenters. The van der Waals surface area contributed by atoms with E-state index >= 15 is 0 Å². The summed E-state index contributed by atoms with van der Waals surface area (Å²) in [5.41, 5.74) is 0.749. The van der Waals surface area contributed by atoms with Crippen molar-refractivity contribution >= 4 is 34.3 Å². The number of carbonyl (C=O) groups is 2. The number of aliphatic hydroxyl groups excluding tert-OH is 1. The molecule has 7 heteroatoms. The number of hydrogen-bond donors (Lipinski definition) is 1. The normalized spacial score (nSPS) is 15.8. The van der Waals surface area contributed by atoms with Gasteiger partial charge in [-0.2, -0.15) is 0 Å². The third kappa shape index (κ3) is 5.30. The van der Waals surface area contributed by atoms with Crippen molar-refractivity contribution in [1.82, 2.24) is 0 Å². The SMILES string of the molecule is C=CCN(C(=O)OC(C)(C)C)c1cc2c(c3ccccc13)C(CO)CN2C(=O)OC(C)(C)C. The molecule has 0 aliphatic carbocycles. The van der Waals surface area contributed by atoms with Crippen LogP contribution < -0.4 is 9.80 Å². The van der Waals surface area contributed by atoms with Crippen LogP contribution in [0.15, 0.2) is 43.0 Å². The summed E-state index contributed by atoms with van der Waals surface area (Å²) in [6.45, 7) is 15.1. The van der Waals surface area contributed by atoms with E-state index in [2.05, 4.69) is 6.58 Å². The number of ether oxygens (including phenoxy) is 2. The van der Waals surface area contributed by atoms with Gasteiger partial charge in [0.05, 0.1) is 18.0 Å². The lowest BCUT2D eigenvalue weighted by atomic mass is 9.94. The number of nitrogens with zero attached hydrogens (tertiary/aromatic N) is 2. The van der Waals surface area contributed by atoms with E-state index in [1.165, 1.54) is 4.90 Å². The Balaban J connectivity index is 2.22. The summed E-state index contributed by atoms with van der Waals surface area (Å²) in [6.07, 6.45) is 0.634. The summed E-state index contributed by atoms with van der Waals surface area (Å²) < 4.78 is 11.3. The van der Waals surface area contributed by atoms with Gasteiger partial charge in [0.15, 0.2) is 0 Å². The first-order valence-electron chi connectivity index (χ1n) is 11.1. The molecule has 1 unspecified atom stereocenters. The quantitative estimate of drug-likeness (QED) is 0.609. The lowest BCUT2D eigenvalue weighted by Crippen LogP contribution is -2.38. The summed E-state index contributed by atoms with van der Waals surface area (Å²) >= 11 is 0. The topological polar surface area (TPSA) is 79.3 Å². The molecular weight excluding hydrogens is 420 g/mol. The number of rotatable bonds is 4. The largest absolute Gasteiger partial charge is 0.443 e. The second-order valence-corrected chi connectivity index (χ2v) is 10.2. The highest BCUT2D eigenvalue weighted by molar-refractivity contribution is 6.08. The van der Waals surface area contributed by atoms with E-state index in [0.717, 1.165) is 16.3 Å². The first kappa shape index (κ1) is 24.6. The molecule has 1 N–H and O–H groups in total. The molecule has 0 spiro atoms. The highest BCUT2D eigenvalue weighted by Crippen LogP contribution is 2.45. The molecule has 2 amide bonds. The second-order valence-electron chi connectivity index (χ2n) is 10.2. The fourth-order valence-corrected chi connectivity index (χ4v) is 4.01. The zero-order valence-corrected chi connectivity index (χ0v) is 20.3. The van der Waals surface area contributed by atoms with Gasteiger partial charge < -0.3 is 14.6 Å². The molecule has 0 fully saturated rings. The molecule has 33 heavy (non-hydrogen) atoms. The minimum absolute atomic E-state index is 0.113. The molecule has 0 saturated heterocycles. The van der Waals surface area contributed by atoms with E-state index in [1.54, 1.807) is 11.0 Å². The van der Waals surface area contributed by atoms with Crippen LogP contribution in [0.4, 0.5) is 21.0 Å². The van der Waals surface area contributed by atoms with Crippen LogP contribution in [0.3, 0.4) is 0 Å². The van der Waals surface area contributed by atoms with Gasteiger partial charge >= 0.3 is 12.2 Å². The Morgan fingerprint density at radius 1 is 1.12 bits per heavy atom. The van der Waals surface area contributed by atoms with Crippen LogP contribution in [-0.2, 0) is 9.47 Å². The highest BCUT2D eigenvalue weighted by atomic mass is 16.6. The van der Waals surface area contributed by atoms with Crippen LogP contribution >= 0.6 is 0 Å². The molecule has 0 radical (unpaired) electrons. The number of amides is 2. The Morgan fingerprint density at radius 2 is 1.73 bits per heavy atom. The molecule has 2 aromatic rings. The van der Waals surface area contributed by atoms with Crippen molar-refractivity contribution in [3.05, 3.63) is 48.6 Å². The van der Waals surface area contributed by atoms with Gasteiger partial charge in [-0.05, 0) is 58.6 Å². The molecule has 0 bridgehead atoms. The summed E-state index contributed by atoms with van der Waals surface area (Å²) in [5.74, 6) is -0.263. The first-order chi connectivity index (χ1) is 15.4. The van der Waals surface area contributed by atoms with Gasteiger partial charge in [0.1, 0.15) is 11.2 Å². The van der Waals surface area contributed by atoms with Crippen molar-refractivity contribution in [3.8, 4) is 0 Å². The van der Waals surface area contributed by atoms with Gasteiger partial charge in [-0.3, -0.25) is 9.80 Å². The first-order valence-corrected chi connectivity index (χ1v) is 11.1. The van der Waals surface area contributed by atoms with Crippen LogP contribution in [0.5, 0.6) is 0 Å². The Kier molecular flexibility index (Phi) is 6.75. The van der Waals surface area contributed by atoms with Gasteiger partial charge in [-0.15, -0.1) is 6.58 Å². The molecule has 3 rings (SSSR count). The maximum atomic E-state index is 13.1. The predicted molar refractivity (Wildman–Crippen MR) is 131 cm³/mol. The number of benzene rings is 2. The minimum Gasteiger partial charge on any atom is -0.443 e. The van der Waals surface area contributed by atoms with Gasteiger partial charge in [0.2, 0.25) is 0 Å². The van der Waals surface area contributed by atoms with Gasteiger partial charge in [-0.1, -0.05) is 30.3 Å². The summed E-state index contributed by atoms with van der Waals surface area (Å²) in [7, 11) is 0. The van der Waals surface area contributed by atoms with E-state index < -0.39 is 23.4 Å². The minimum atomic E-state index is -0.673. The zero-order chi connectivity index (χ0) is 24.6. The lowest BCUT2D eigenvalue weighted by molar-refractivity contribution is 0.0573. The molecule has 1 aliphatic heterocycles. The van der Waals surface area contributed by atoms with Crippen molar-refractivity contribution in [3.63, 3.8) is 0 Å². The second kappa shape index (κ2) is 9.06. The number of fused-ring (bicyclic) bond motifs is 3. The maximum absolute atomic E-state index is 13.1. The van der Waals surface area contributed by atoms with Crippen LogP contribution in [0.2, 0.25) is 0 Å². The third-order valence-electron chi connectivity index (χ3n) is 5.20. The van der Waals surface area contributed by atoms with E-state index in [9.17, 15) is 14.7 Å². The Bertz CT molecular complexity index is 1060. The fraction of sp³-hybridized carbons (Fsp3) is 0.462. The van der Waals surface area contributed by atoms with Crippen molar-refractivity contribution < 1.29 is 24.2 Å². The Hall–Kier alpha value is -3.06. The number of carbonyl (C=O) groups excluding carboxylic acids is 2. The van der Waals surface area contributed by atoms with E-state index in [1.807, 2.05) is 71.9 Å². The molecule has 0 saturated carbocycles. The van der Waals surface area contributed by atoms with Crippen LogP contribution in [0.25, 0.3) is 10.8 Å². The average molecular weight is 455 g/mol. The molecule has 1 heterocycles. The van der Waals surface area contributed by atoms with Gasteiger partial charge in [-0.25, -0.2) is 9.59 Å². The molecule has 2 aromatic carbocycles. The maximum Gasteiger partial charge on any atom is 0.415 e. The monoisotopic (exact) mass is 454 g/mol. The molecule has 7 nitrogen and oxygen atoms in total. The smallest absolute Gasteiger partial charge is 0.415 e. The van der Waals surface area contributed by atoms with Crippen molar-refractivity contribution in [2.45, 2.75) is 58.7 Å². The van der Waals surface area contributed by atoms with Crippen LogP contribution in [0.1, 0.15) is 53.0 Å². The van der Waals surface area contributed by atoms with Crippen molar-refractivity contribution in [1.29, 1.82) is 0 Å². The van der Waals surface area contributed by atoms with Crippen molar-refractivity contribution in [2.24, 2.45) is 0 Å².